The fraction of sp³-hybridized carbons (Fsp3) is 0.389. The Morgan fingerprint density at radius 2 is 1.79 bits per heavy atom. The smallest absolute Gasteiger partial charge is 0.340 e. The standard InChI is InChI=1S/C18H22N2O4/c1-4-5-10-23-16-11-19-17(20-12-16)14-6-8-15(9-7-14)24-18(21)13(2)22-3/h6-9,11-13H,4-5,10H2,1-3H3. The van der Waals surface area contributed by atoms with Gasteiger partial charge in [0.1, 0.15) is 5.75 Å². The molecule has 0 saturated heterocycles. The summed E-state index contributed by atoms with van der Waals surface area (Å²) < 4.78 is 15.7. The third-order valence-electron chi connectivity index (χ3n) is 3.41. The number of aromatic nitrogens is 2. The minimum absolute atomic E-state index is 0.435. The van der Waals surface area contributed by atoms with Gasteiger partial charge in [-0.3, -0.25) is 0 Å². The van der Waals surface area contributed by atoms with Crippen molar-refractivity contribution < 1.29 is 19.0 Å². The molecule has 6 nitrogen and oxygen atoms in total. The minimum atomic E-state index is -0.603. The molecule has 2 aromatic rings. The minimum Gasteiger partial charge on any atom is -0.490 e. The highest BCUT2D eigenvalue weighted by Crippen LogP contribution is 2.20. The first-order valence-electron chi connectivity index (χ1n) is 7.93. The van der Waals surface area contributed by atoms with Crippen LogP contribution in [0.4, 0.5) is 0 Å². The molecule has 0 aliphatic carbocycles. The molecule has 1 unspecified atom stereocenters. The molecule has 0 aliphatic heterocycles. The van der Waals surface area contributed by atoms with Crippen LogP contribution in [0.15, 0.2) is 36.7 Å². The Labute approximate surface area is 141 Å². The van der Waals surface area contributed by atoms with Gasteiger partial charge in [0.05, 0.1) is 19.0 Å². The summed E-state index contributed by atoms with van der Waals surface area (Å²) in [5, 5.41) is 0. The average Bonchev–Trinajstić information content (AvgIpc) is 2.62. The van der Waals surface area contributed by atoms with E-state index >= 15 is 0 Å². The molecule has 0 aliphatic rings. The number of carbonyl (C=O) groups is 1. The van der Waals surface area contributed by atoms with E-state index in [4.69, 9.17) is 14.2 Å². The van der Waals surface area contributed by atoms with Crippen LogP contribution in [-0.2, 0) is 9.53 Å². The van der Waals surface area contributed by atoms with Gasteiger partial charge in [0.15, 0.2) is 17.7 Å². The van der Waals surface area contributed by atoms with E-state index in [-0.39, 0.29) is 0 Å². The SMILES string of the molecule is CCCCOc1cnc(-c2ccc(OC(=O)C(C)OC)cc2)nc1. The first-order valence-corrected chi connectivity index (χ1v) is 7.93. The molecular formula is C18H22N2O4. The predicted molar refractivity (Wildman–Crippen MR) is 90.0 cm³/mol. The number of unbranched alkanes of at least 4 members (excludes halogenated alkanes) is 1. The monoisotopic (exact) mass is 330 g/mol. The molecule has 6 heteroatoms. The molecular weight excluding hydrogens is 308 g/mol. The van der Waals surface area contributed by atoms with Crippen LogP contribution in [0.5, 0.6) is 11.5 Å². The Morgan fingerprint density at radius 1 is 1.12 bits per heavy atom. The quantitative estimate of drug-likeness (QED) is 0.420. The lowest BCUT2D eigenvalue weighted by Gasteiger charge is -2.09. The van der Waals surface area contributed by atoms with Crippen LogP contribution in [0.3, 0.4) is 0 Å². The number of rotatable bonds is 8. The van der Waals surface area contributed by atoms with E-state index in [2.05, 4.69) is 16.9 Å². The van der Waals surface area contributed by atoms with Crippen molar-refractivity contribution in [2.24, 2.45) is 0 Å². The molecule has 1 atom stereocenters. The lowest BCUT2D eigenvalue weighted by molar-refractivity contribution is -0.144. The van der Waals surface area contributed by atoms with Crippen LogP contribution >= 0.6 is 0 Å². The van der Waals surface area contributed by atoms with Crippen molar-refractivity contribution in [3.05, 3.63) is 36.7 Å². The number of hydrogen-bond acceptors (Lipinski definition) is 6. The summed E-state index contributed by atoms with van der Waals surface area (Å²) in [5.41, 5.74) is 0.828. The van der Waals surface area contributed by atoms with Crippen molar-refractivity contribution in [3.8, 4) is 22.9 Å². The Kier molecular flexibility index (Phi) is 6.69. The molecule has 0 bridgehead atoms. The summed E-state index contributed by atoms with van der Waals surface area (Å²) in [6.45, 7) is 4.41. The summed E-state index contributed by atoms with van der Waals surface area (Å²) in [6.07, 6.45) is 4.80. The molecule has 0 fully saturated rings. The van der Waals surface area contributed by atoms with Gasteiger partial charge in [-0.15, -0.1) is 0 Å². The number of hydrogen-bond donors (Lipinski definition) is 0. The van der Waals surface area contributed by atoms with E-state index in [0.717, 1.165) is 18.4 Å². The van der Waals surface area contributed by atoms with Crippen molar-refractivity contribution in [2.75, 3.05) is 13.7 Å². The number of esters is 1. The normalized spacial score (nSPS) is 11.8. The highest BCUT2D eigenvalue weighted by Gasteiger charge is 2.14. The first-order chi connectivity index (χ1) is 11.6. The molecule has 0 spiro atoms. The van der Waals surface area contributed by atoms with Gasteiger partial charge in [-0.25, -0.2) is 14.8 Å². The molecule has 0 radical (unpaired) electrons. The Bertz CT molecular complexity index is 641. The topological polar surface area (TPSA) is 70.5 Å². The van der Waals surface area contributed by atoms with Gasteiger partial charge in [-0.2, -0.15) is 0 Å². The number of ether oxygens (including phenoxy) is 3. The Balaban J connectivity index is 1.98. The summed E-state index contributed by atoms with van der Waals surface area (Å²) >= 11 is 0. The lowest BCUT2D eigenvalue weighted by Crippen LogP contribution is -2.24. The zero-order valence-electron chi connectivity index (χ0n) is 14.2. The summed E-state index contributed by atoms with van der Waals surface area (Å²) in [5.74, 6) is 1.26. The molecule has 1 heterocycles. The Morgan fingerprint density at radius 3 is 2.38 bits per heavy atom. The van der Waals surface area contributed by atoms with Crippen LogP contribution in [0.2, 0.25) is 0 Å². The number of nitrogens with zero attached hydrogens (tertiary/aromatic N) is 2. The van der Waals surface area contributed by atoms with Crippen molar-refractivity contribution in [1.29, 1.82) is 0 Å². The zero-order chi connectivity index (χ0) is 17.4. The van der Waals surface area contributed by atoms with E-state index in [9.17, 15) is 4.79 Å². The van der Waals surface area contributed by atoms with Crippen LogP contribution in [0, 0.1) is 0 Å². The molecule has 1 aromatic carbocycles. The third-order valence-corrected chi connectivity index (χ3v) is 3.41. The van der Waals surface area contributed by atoms with Crippen LogP contribution < -0.4 is 9.47 Å². The van der Waals surface area contributed by atoms with Gasteiger partial charge >= 0.3 is 5.97 Å². The second-order valence-electron chi connectivity index (χ2n) is 5.27. The highest BCUT2D eigenvalue weighted by atomic mass is 16.6. The average molecular weight is 330 g/mol. The summed E-state index contributed by atoms with van der Waals surface area (Å²) in [6, 6.07) is 7.00. The molecule has 0 amide bonds. The van der Waals surface area contributed by atoms with Crippen molar-refractivity contribution in [2.45, 2.75) is 32.8 Å². The van der Waals surface area contributed by atoms with Gasteiger partial charge in [0.2, 0.25) is 0 Å². The maximum atomic E-state index is 11.7. The highest BCUT2D eigenvalue weighted by molar-refractivity contribution is 5.77. The van der Waals surface area contributed by atoms with E-state index in [0.29, 0.717) is 23.9 Å². The predicted octanol–water partition coefficient (Wildman–Crippen LogP) is 3.26. The zero-order valence-corrected chi connectivity index (χ0v) is 14.2. The van der Waals surface area contributed by atoms with Gasteiger partial charge in [-0.05, 0) is 37.6 Å². The maximum absolute atomic E-state index is 11.7. The van der Waals surface area contributed by atoms with Gasteiger partial charge in [0.25, 0.3) is 0 Å². The van der Waals surface area contributed by atoms with Gasteiger partial charge in [0, 0.05) is 12.7 Å². The van der Waals surface area contributed by atoms with Crippen LogP contribution in [-0.4, -0.2) is 35.8 Å². The molecule has 128 valence electrons. The lowest BCUT2D eigenvalue weighted by atomic mass is 10.2. The van der Waals surface area contributed by atoms with E-state index in [1.807, 2.05) is 0 Å². The van der Waals surface area contributed by atoms with E-state index in [1.54, 1.807) is 43.6 Å². The van der Waals surface area contributed by atoms with Gasteiger partial charge < -0.3 is 14.2 Å². The third kappa shape index (κ3) is 5.03. The van der Waals surface area contributed by atoms with Crippen molar-refractivity contribution in [1.82, 2.24) is 9.97 Å². The summed E-state index contributed by atoms with van der Waals surface area (Å²) in [7, 11) is 1.46. The molecule has 24 heavy (non-hydrogen) atoms. The van der Waals surface area contributed by atoms with Crippen LogP contribution in [0.1, 0.15) is 26.7 Å². The Hall–Kier alpha value is -2.47. The molecule has 1 aromatic heterocycles. The molecule has 2 rings (SSSR count). The molecule has 0 N–H and O–H groups in total. The van der Waals surface area contributed by atoms with Crippen molar-refractivity contribution >= 4 is 5.97 Å². The van der Waals surface area contributed by atoms with E-state index < -0.39 is 12.1 Å². The van der Waals surface area contributed by atoms with Crippen molar-refractivity contribution in [3.63, 3.8) is 0 Å². The number of methoxy groups -OCH3 is 1. The fourth-order valence-electron chi connectivity index (χ4n) is 1.84. The summed E-state index contributed by atoms with van der Waals surface area (Å²) in [4.78, 5) is 20.2. The molecule has 0 saturated carbocycles. The second-order valence-corrected chi connectivity index (χ2v) is 5.27. The maximum Gasteiger partial charge on any atom is 0.340 e. The fourth-order valence-corrected chi connectivity index (χ4v) is 1.84. The van der Waals surface area contributed by atoms with Gasteiger partial charge in [-0.1, -0.05) is 13.3 Å². The van der Waals surface area contributed by atoms with E-state index in [1.165, 1.54) is 7.11 Å². The number of benzene rings is 1. The number of carbonyl (C=O) groups excluding carboxylic acids is 1. The second kappa shape index (κ2) is 8.98. The first kappa shape index (κ1) is 17.9. The van der Waals surface area contributed by atoms with Crippen LogP contribution in [0.25, 0.3) is 11.4 Å². The largest absolute Gasteiger partial charge is 0.490 e.